The monoisotopic (exact) mass is 291 g/mol. The molecule has 1 saturated heterocycles. The van der Waals surface area contributed by atoms with Crippen molar-refractivity contribution in [3.05, 3.63) is 40.4 Å². The molecule has 2 aromatic rings. The van der Waals surface area contributed by atoms with Gasteiger partial charge in [-0.1, -0.05) is 12.1 Å². The Labute approximate surface area is 121 Å². The summed E-state index contributed by atoms with van der Waals surface area (Å²) in [7, 11) is 0. The first kappa shape index (κ1) is 13.5. The standard InChI is InChI=1S/C14H17N3O2S/c15-17-13(9-20-10-5-7-19-8-6-10)16-12-4-2-1-3-11(12)14(17)18/h1-4,10H,5-9,15H2. The van der Waals surface area contributed by atoms with Crippen molar-refractivity contribution in [3.8, 4) is 0 Å². The van der Waals surface area contributed by atoms with Gasteiger partial charge in [-0.25, -0.2) is 9.66 Å². The first-order chi connectivity index (χ1) is 9.75. The highest BCUT2D eigenvalue weighted by molar-refractivity contribution is 7.99. The van der Waals surface area contributed by atoms with Crippen molar-refractivity contribution in [2.75, 3.05) is 19.1 Å². The molecule has 0 unspecified atom stereocenters. The quantitative estimate of drug-likeness (QED) is 0.868. The molecular weight excluding hydrogens is 274 g/mol. The number of ether oxygens (including phenoxy) is 1. The molecule has 106 valence electrons. The summed E-state index contributed by atoms with van der Waals surface area (Å²) in [6.07, 6.45) is 2.10. The van der Waals surface area contributed by atoms with Crippen molar-refractivity contribution in [2.45, 2.75) is 23.8 Å². The van der Waals surface area contributed by atoms with Crippen LogP contribution in [-0.2, 0) is 10.5 Å². The maximum atomic E-state index is 12.2. The molecule has 2 N–H and O–H groups in total. The van der Waals surface area contributed by atoms with E-state index in [1.165, 1.54) is 4.68 Å². The molecule has 6 heteroatoms. The molecule has 0 radical (unpaired) electrons. The van der Waals surface area contributed by atoms with E-state index in [1.807, 2.05) is 18.2 Å². The molecule has 1 aromatic heterocycles. The second kappa shape index (κ2) is 5.85. The van der Waals surface area contributed by atoms with Gasteiger partial charge >= 0.3 is 0 Å². The smallest absolute Gasteiger partial charge is 0.279 e. The number of nitrogens with two attached hydrogens (primary N) is 1. The van der Waals surface area contributed by atoms with Crippen molar-refractivity contribution >= 4 is 22.7 Å². The number of para-hydroxylation sites is 1. The molecule has 0 bridgehead atoms. The Morgan fingerprint density at radius 3 is 2.90 bits per heavy atom. The molecule has 0 atom stereocenters. The SMILES string of the molecule is Nn1c(CSC2CCOCC2)nc2ccccc2c1=O. The number of nitrogens with zero attached hydrogens (tertiary/aromatic N) is 2. The molecule has 1 aromatic carbocycles. The van der Waals surface area contributed by atoms with E-state index in [1.54, 1.807) is 17.8 Å². The normalized spacial score (nSPS) is 16.6. The largest absolute Gasteiger partial charge is 0.381 e. The summed E-state index contributed by atoms with van der Waals surface area (Å²) in [4.78, 5) is 16.7. The van der Waals surface area contributed by atoms with Gasteiger partial charge in [0.15, 0.2) is 0 Å². The van der Waals surface area contributed by atoms with Gasteiger partial charge in [-0.05, 0) is 25.0 Å². The van der Waals surface area contributed by atoms with Gasteiger partial charge in [0.05, 0.1) is 16.7 Å². The van der Waals surface area contributed by atoms with E-state index in [0.29, 0.717) is 27.7 Å². The van der Waals surface area contributed by atoms with E-state index in [0.717, 1.165) is 26.1 Å². The first-order valence-electron chi connectivity index (χ1n) is 6.71. The van der Waals surface area contributed by atoms with Crippen LogP contribution in [0.2, 0.25) is 0 Å². The molecule has 0 saturated carbocycles. The lowest BCUT2D eigenvalue weighted by Crippen LogP contribution is -2.31. The lowest BCUT2D eigenvalue weighted by atomic mass is 10.2. The number of aromatic nitrogens is 2. The fourth-order valence-corrected chi connectivity index (χ4v) is 3.44. The molecule has 0 spiro atoms. The molecule has 0 aliphatic carbocycles. The van der Waals surface area contributed by atoms with E-state index in [4.69, 9.17) is 10.6 Å². The van der Waals surface area contributed by atoms with Gasteiger partial charge in [0.2, 0.25) is 0 Å². The Bertz CT molecular complexity index is 665. The van der Waals surface area contributed by atoms with Crippen molar-refractivity contribution in [3.63, 3.8) is 0 Å². The minimum Gasteiger partial charge on any atom is -0.381 e. The summed E-state index contributed by atoms with van der Waals surface area (Å²) >= 11 is 1.80. The van der Waals surface area contributed by atoms with Gasteiger partial charge < -0.3 is 10.6 Å². The minimum atomic E-state index is -0.182. The second-order valence-corrected chi connectivity index (χ2v) is 6.13. The van der Waals surface area contributed by atoms with Gasteiger partial charge in [-0.2, -0.15) is 11.8 Å². The molecule has 2 heterocycles. The second-order valence-electron chi connectivity index (χ2n) is 4.84. The van der Waals surface area contributed by atoms with Crippen molar-refractivity contribution in [1.82, 2.24) is 9.66 Å². The Kier molecular flexibility index (Phi) is 3.93. The third-order valence-corrected chi connectivity index (χ3v) is 4.86. The Balaban J connectivity index is 1.84. The summed E-state index contributed by atoms with van der Waals surface area (Å²) in [6, 6.07) is 7.30. The number of hydrogen-bond donors (Lipinski definition) is 1. The molecule has 1 aliphatic heterocycles. The first-order valence-corrected chi connectivity index (χ1v) is 7.75. The van der Waals surface area contributed by atoms with Crippen LogP contribution in [0.25, 0.3) is 10.9 Å². The number of nitrogen functional groups attached to an aromatic ring is 1. The summed E-state index contributed by atoms with van der Waals surface area (Å²) in [5.74, 6) is 7.15. The molecule has 5 nitrogen and oxygen atoms in total. The van der Waals surface area contributed by atoms with E-state index in [2.05, 4.69) is 4.98 Å². The van der Waals surface area contributed by atoms with Crippen LogP contribution in [0, 0.1) is 0 Å². The zero-order valence-corrected chi connectivity index (χ0v) is 11.9. The highest BCUT2D eigenvalue weighted by Crippen LogP contribution is 2.24. The topological polar surface area (TPSA) is 70.1 Å². The Morgan fingerprint density at radius 2 is 2.10 bits per heavy atom. The van der Waals surface area contributed by atoms with Crippen LogP contribution in [0.4, 0.5) is 0 Å². The van der Waals surface area contributed by atoms with E-state index < -0.39 is 0 Å². The fraction of sp³-hybridized carbons (Fsp3) is 0.429. The number of rotatable bonds is 3. The number of hydrogen-bond acceptors (Lipinski definition) is 5. The maximum Gasteiger partial charge on any atom is 0.279 e. The van der Waals surface area contributed by atoms with Crippen molar-refractivity contribution in [2.24, 2.45) is 0 Å². The molecule has 0 amide bonds. The third-order valence-electron chi connectivity index (χ3n) is 3.50. The van der Waals surface area contributed by atoms with Gasteiger partial charge in [-0.15, -0.1) is 0 Å². The molecule has 1 aliphatic rings. The van der Waals surface area contributed by atoms with E-state index >= 15 is 0 Å². The lowest BCUT2D eigenvalue weighted by Gasteiger charge is -2.21. The number of benzene rings is 1. The lowest BCUT2D eigenvalue weighted by molar-refractivity contribution is 0.1000. The number of fused-ring (bicyclic) bond motifs is 1. The van der Waals surface area contributed by atoms with Gasteiger partial charge in [0.25, 0.3) is 5.56 Å². The predicted octanol–water partition coefficient (Wildman–Crippen LogP) is 1.52. The Morgan fingerprint density at radius 1 is 1.35 bits per heavy atom. The average Bonchev–Trinajstić information content (AvgIpc) is 2.50. The summed E-state index contributed by atoms with van der Waals surface area (Å²) < 4.78 is 6.52. The zero-order valence-electron chi connectivity index (χ0n) is 11.1. The zero-order chi connectivity index (χ0) is 13.9. The van der Waals surface area contributed by atoms with Crippen LogP contribution in [0.5, 0.6) is 0 Å². The molecule has 20 heavy (non-hydrogen) atoms. The van der Waals surface area contributed by atoms with Crippen LogP contribution >= 0.6 is 11.8 Å². The fourth-order valence-electron chi connectivity index (χ4n) is 2.33. The minimum absolute atomic E-state index is 0.182. The molecular formula is C14H17N3O2S. The van der Waals surface area contributed by atoms with Crippen LogP contribution < -0.4 is 11.4 Å². The van der Waals surface area contributed by atoms with Gasteiger partial charge in [0, 0.05) is 18.5 Å². The van der Waals surface area contributed by atoms with E-state index in [9.17, 15) is 4.79 Å². The average molecular weight is 291 g/mol. The third kappa shape index (κ3) is 2.66. The highest BCUT2D eigenvalue weighted by atomic mass is 32.2. The molecule has 1 fully saturated rings. The maximum absolute atomic E-state index is 12.2. The predicted molar refractivity (Wildman–Crippen MR) is 81.3 cm³/mol. The van der Waals surface area contributed by atoms with Gasteiger partial charge in [0.1, 0.15) is 5.82 Å². The van der Waals surface area contributed by atoms with Crippen LogP contribution in [0.15, 0.2) is 29.1 Å². The van der Waals surface area contributed by atoms with Crippen molar-refractivity contribution in [1.29, 1.82) is 0 Å². The van der Waals surface area contributed by atoms with E-state index in [-0.39, 0.29) is 5.56 Å². The summed E-state index contributed by atoms with van der Waals surface area (Å²) in [5, 5.41) is 1.13. The molecule has 3 rings (SSSR count). The summed E-state index contributed by atoms with van der Waals surface area (Å²) in [6.45, 7) is 1.64. The van der Waals surface area contributed by atoms with Gasteiger partial charge in [-0.3, -0.25) is 4.79 Å². The Hall–Kier alpha value is -1.53. The summed E-state index contributed by atoms with van der Waals surface area (Å²) in [5.41, 5.74) is 0.528. The van der Waals surface area contributed by atoms with Crippen LogP contribution in [-0.4, -0.2) is 28.1 Å². The number of thioether (sulfide) groups is 1. The van der Waals surface area contributed by atoms with Crippen molar-refractivity contribution < 1.29 is 4.74 Å². The highest BCUT2D eigenvalue weighted by Gasteiger charge is 2.16. The van der Waals surface area contributed by atoms with Crippen LogP contribution in [0.1, 0.15) is 18.7 Å². The van der Waals surface area contributed by atoms with Crippen LogP contribution in [0.3, 0.4) is 0 Å².